The fourth-order valence-electron chi connectivity index (χ4n) is 13.0. The van der Waals surface area contributed by atoms with Crippen LogP contribution in [0.3, 0.4) is 0 Å². The van der Waals surface area contributed by atoms with Crippen molar-refractivity contribution in [2.24, 2.45) is 17.8 Å². The third-order valence-corrected chi connectivity index (χ3v) is 22.3. The number of carbonyl (C=O) groups is 4. The standard InChI is InChI=1S/C84H164O17P2/c1-8-11-12-13-14-15-37-44-51-58-65-81(86)94-71-79(101-84(89)68-61-54-47-40-33-32-36-43-50-57-64-77(7)10-3)73-98-102(90,91)96-69-78(85)70-97-103(92,93)99-74-80(72-95-82(87)66-59-52-45-38-30-26-23-22-25-29-35-42-49-56-63-76(6)9-2)100-83(88)67-60-53-46-39-31-27-21-19-17-16-18-20-24-28-34-41-48-55-62-75(4)5/h75-80,85H,8-74H2,1-7H3,(H,90,91)(H,92,93)/t76?,77?,78-,79+,80+/m0/s1. The van der Waals surface area contributed by atoms with Gasteiger partial charge in [0.1, 0.15) is 19.3 Å². The Morgan fingerprint density at radius 1 is 0.282 bits per heavy atom. The van der Waals surface area contributed by atoms with Gasteiger partial charge in [0.2, 0.25) is 0 Å². The quantitative estimate of drug-likeness (QED) is 0.0222. The fraction of sp³-hybridized carbons (Fsp3) is 0.952. The number of aliphatic hydroxyl groups is 1. The topological polar surface area (TPSA) is 237 Å². The minimum Gasteiger partial charge on any atom is -0.462 e. The molecule has 3 N–H and O–H groups in total. The van der Waals surface area contributed by atoms with Crippen molar-refractivity contribution in [1.82, 2.24) is 0 Å². The van der Waals surface area contributed by atoms with Crippen LogP contribution in [0, 0.1) is 17.8 Å². The monoisotopic (exact) mass is 1510 g/mol. The zero-order valence-electron chi connectivity index (χ0n) is 67.8. The van der Waals surface area contributed by atoms with Gasteiger partial charge in [-0.25, -0.2) is 9.13 Å². The summed E-state index contributed by atoms with van der Waals surface area (Å²) < 4.78 is 68.8. The Hall–Kier alpha value is -1.94. The van der Waals surface area contributed by atoms with E-state index in [2.05, 4.69) is 48.5 Å². The normalized spacial score (nSPS) is 14.4. The fourth-order valence-corrected chi connectivity index (χ4v) is 14.5. The maximum Gasteiger partial charge on any atom is 0.472 e. The Labute approximate surface area is 632 Å². The predicted octanol–water partition coefficient (Wildman–Crippen LogP) is 25.3. The second kappa shape index (κ2) is 74.2. The van der Waals surface area contributed by atoms with Crippen LogP contribution in [0.1, 0.15) is 440 Å². The average molecular weight is 1510 g/mol. The molecule has 0 amide bonds. The van der Waals surface area contributed by atoms with Crippen molar-refractivity contribution in [3.63, 3.8) is 0 Å². The molecule has 0 saturated carbocycles. The van der Waals surface area contributed by atoms with Crippen LogP contribution in [-0.4, -0.2) is 96.7 Å². The first kappa shape index (κ1) is 101. The summed E-state index contributed by atoms with van der Waals surface area (Å²) in [6.45, 7) is 12.1. The number of hydrogen-bond donors (Lipinski definition) is 3. The highest BCUT2D eigenvalue weighted by Crippen LogP contribution is 2.45. The molecule has 0 heterocycles. The number of carbonyl (C=O) groups excluding carboxylic acids is 4. The molecule has 7 atom stereocenters. The molecule has 0 aliphatic rings. The van der Waals surface area contributed by atoms with Crippen LogP contribution in [0.25, 0.3) is 0 Å². The van der Waals surface area contributed by atoms with Gasteiger partial charge in [0.15, 0.2) is 12.2 Å². The van der Waals surface area contributed by atoms with E-state index in [0.717, 1.165) is 108 Å². The summed E-state index contributed by atoms with van der Waals surface area (Å²) in [6, 6.07) is 0. The first-order chi connectivity index (χ1) is 49.8. The first-order valence-electron chi connectivity index (χ1n) is 43.4. The van der Waals surface area contributed by atoms with Crippen LogP contribution in [-0.2, 0) is 65.4 Å². The molecule has 4 unspecified atom stereocenters. The Kier molecular flexibility index (Phi) is 72.8. The molecular formula is C84H164O17P2. The van der Waals surface area contributed by atoms with Crippen molar-refractivity contribution in [2.45, 2.75) is 458 Å². The molecule has 17 nitrogen and oxygen atoms in total. The lowest BCUT2D eigenvalue weighted by molar-refractivity contribution is -0.161. The van der Waals surface area contributed by atoms with E-state index in [0.29, 0.717) is 25.7 Å². The van der Waals surface area contributed by atoms with Crippen LogP contribution < -0.4 is 0 Å². The predicted molar refractivity (Wildman–Crippen MR) is 423 cm³/mol. The smallest absolute Gasteiger partial charge is 0.462 e. The number of rotatable bonds is 82. The molecule has 0 rings (SSSR count). The Bertz CT molecular complexity index is 2000. The summed E-state index contributed by atoms with van der Waals surface area (Å²) >= 11 is 0. The zero-order valence-corrected chi connectivity index (χ0v) is 69.6. The Morgan fingerprint density at radius 2 is 0.495 bits per heavy atom. The van der Waals surface area contributed by atoms with Gasteiger partial charge in [-0.1, -0.05) is 389 Å². The average Bonchev–Trinajstić information content (AvgIpc) is 0.908. The van der Waals surface area contributed by atoms with E-state index in [1.54, 1.807) is 0 Å². The number of ether oxygens (including phenoxy) is 4. The largest absolute Gasteiger partial charge is 0.472 e. The lowest BCUT2D eigenvalue weighted by Crippen LogP contribution is -2.30. The minimum absolute atomic E-state index is 0.106. The molecule has 0 saturated heterocycles. The highest BCUT2D eigenvalue weighted by molar-refractivity contribution is 7.47. The summed E-state index contributed by atoms with van der Waals surface area (Å²) in [5, 5.41) is 10.7. The van der Waals surface area contributed by atoms with Crippen molar-refractivity contribution >= 4 is 39.5 Å². The molecule has 0 aromatic heterocycles. The van der Waals surface area contributed by atoms with Crippen molar-refractivity contribution in [3.05, 3.63) is 0 Å². The van der Waals surface area contributed by atoms with Gasteiger partial charge in [-0.3, -0.25) is 37.3 Å². The molecule has 0 radical (unpaired) electrons. The Morgan fingerprint density at radius 3 is 0.738 bits per heavy atom. The highest BCUT2D eigenvalue weighted by Gasteiger charge is 2.30. The zero-order chi connectivity index (χ0) is 75.8. The summed E-state index contributed by atoms with van der Waals surface area (Å²) in [7, 11) is -9.92. The van der Waals surface area contributed by atoms with Crippen LogP contribution in [0.4, 0.5) is 0 Å². The molecule has 0 aromatic rings. The summed E-state index contributed by atoms with van der Waals surface area (Å²) in [6.07, 6.45) is 63.7. The molecule has 0 aliphatic carbocycles. The van der Waals surface area contributed by atoms with Gasteiger partial charge in [-0.2, -0.15) is 0 Å². The van der Waals surface area contributed by atoms with E-state index < -0.39 is 97.5 Å². The lowest BCUT2D eigenvalue weighted by atomic mass is 9.99. The van der Waals surface area contributed by atoms with E-state index in [1.807, 2.05) is 0 Å². The number of hydrogen-bond acceptors (Lipinski definition) is 15. The molecule has 0 aromatic carbocycles. The minimum atomic E-state index is -4.96. The molecule has 0 aliphatic heterocycles. The van der Waals surface area contributed by atoms with Crippen molar-refractivity contribution in [2.75, 3.05) is 39.6 Å². The summed E-state index contributed by atoms with van der Waals surface area (Å²) in [4.78, 5) is 73.1. The van der Waals surface area contributed by atoms with Gasteiger partial charge in [0.05, 0.1) is 26.4 Å². The van der Waals surface area contributed by atoms with Gasteiger partial charge in [-0.15, -0.1) is 0 Å². The molecule has 0 spiro atoms. The number of phosphoric ester groups is 2. The second-order valence-electron chi connectivity index (χ2n) is 31.2. The van der Waals surface area contributed by atoms with E-state index in [1.165, 1.54) is 250 Å². The van der Waals surface area contributed by atoms with E-state index in [-0.39, 0.29) is 25.7 Å². The lowest BCUT2D eigenvalue weighted by Gasteiger charge is -2.21. The third-order valence-electron chi connectivity index (χ3n) is 20.4. The van der Waals surface area contributed by atoms with Crippen LogP contribution in [0.2, 0.25) is 0 Å². The molecule has 612 valence electrons. The van der Waals surface area contributed by atoms with Gasteiger partial charge in [0.25, 0.3) is 0 Å². The van der Waals surface area contributed by atoms with Crippen LogP contribution in [0.15, 0.2) is 0 Å². The summed E-state index contributed by atoms with van der Waals surface area (Å²) in [5.41, 5.74) is 0. The number of esters is 4. The maximum atomic E-state index is 13.1. The van der Waals surface area contributed by atoms with E-state index in [9.17, 15) is 43.2 Å². The van der Waals surface area contributed by atoms with Gasteiger partial charge < -0.3 is 33.8 Å². The molecular weight excluding hydrogens is 1340 g/mol. The number of phosphoric acid groups is 2. The Balaban J connectivity index is 5.23. The molecule has 0 bridgehead atoms. The van der Waals surface area contributed by atoms with Crippen molar-refractivity contribution in [3.8, 4) is 0 Å². The summed E-state index contributed by atoms with van der Waals surface area (Å²) in [5.74, 6) is 0.366. The van der Waals surface area contributed by atoms with Crippen LogP contribution in [0.5, 0.6) is 0 Å². The van der Waals surface area contributed by atoms with Gasteiger partial charge in [0, 0.05) is 25.7 Å². The van der Waals surface area contributed by atoms with E-state index >= 15 is 0 Å². The SMILES string of the molecule is CCCCCCCCCCCCC(=O)OC[C@H](COP(=O)(O)OC[C@H](O)COP(=O)(O)OC[C@@H](COC(=O)CCCCCCCCCCCCCCCCC(C)CC)OC(=O)CCCCCCCCCCCCCCCCCCCCC(C)C)OC(=O)CCCCCCCCCCCCC(C)CC. The highest BCUT2D eigenvalue weighted by atomic mass is 31.2. The first-order valence-corrected chi connectivity index (χ1v) is 46.4. The van der Waals surface area contributed by atoms with Gasteiger partial charge in [-0.05, 0) is 43.4 Å². The maximum absolute atomic E-state index is 13.1. The molecule has 19 heteroatoms. The molecule has 103 heavy (non-hydrogen) atoms. The van der Waals surface area contributed by atoms with E-state index in [4.69, 9.17) is 37.0 Å². The number of aliphatic hydroxyl groups excluding tert-OH is 1. The van der Waals surface area contributed by atoms with Crippen molar-refractivity contribution in [1.29, 1.82) is 0 Å². The second-order valence-corrected chi connectivity index (χ2v) is 34.1. The number of unbranched alkanes of at least 4 members (excludes halogenated alkanes) is 48. The molecule has 0 fully saturated rings. The van der Waals surface area contributed by atoms with Crippen molar-refractivity contribution < 1.29 is 80.2 Å². The van der Waals surface area contributed by atoms with Crippen LogP contribution >= 0.6 is 15.6 Å². The van der Waals surface area contributed by atoms with Gasteiger partial charge >= 0.3 is 39.5 Å². The third kappa shape index (κ3) is 75.3.